The normalized spacial score (nSPS) is 16.7. The van der Waals surface area contributed by atoms with Gasteiger partial charge in [0, 0.05) is 11.6 Å². The van der Waals surface area contributed by atoms with Gasteiger partial charge in [-0.3, -0.25) is 4.79 Å². The molecule has 19 heavy (non-hydrogen) atoms. The van der Waals surface area contributed by atoms with Crippen molar-refractivity contribution in [3.63, 3.8) is 0 Å². The van der Waals surface area contributed by atoms with Gasteiger partial charge in [-0.2, -0.15) is 0 Å². The van der Waals surface area contributed by atoms with Crippen molar-refractivity contribution < 1.29 is 4.79 Å². The van der Waals surface area contributed by atoms with E-state index in [1.807, 2.05) is 18.2 Å². The number of carbonyl (C=O) groups excluding carboxylic acids is 1. The SMILES string of the molecule is CC(=O)c1ccc2nc(NC3CCCCC3)sc2c1. The van der Waals surface area contributed by atoms with E-state index in [1.165, 1.54) is 32.1 Å². The van der Waals surface area contributed by atoms with Crippen LogP contribution < -0.4 is 5.32 Å². The lowest BCUT2D eigenvalue weighted by atomic mass is 9.96. The first-order chi connectivity index (χ1) is 9.22. The van der Waals surface area contributed by atoms with Crippen LogP contribution in [-0.2, 0) is 0 Å². The minimum Gasteiger partial charge on any atom is -0.359 e. The van der Waals surface area contributed by atoms with E-state index >= 15 is 0 Å². The van der Waals surface area contributed by atoms with E-state index < -0.39 is 0 Å². The maximum absolute atomic E-state index is 11.4. The second-order valence-electron chi connectivity index (χ2n) is 5.24. The molecule has 1 heterocycles. The van der Waals surface area contributed by atoms with Gasteiger partial charge in [0.05, 0.1) is 10.2 Å². The van der Waals surface area contributed by atoms with Crippen molar-refractivity contribution in [3.05, 3.63) is 23.8 Å². The zero-order chi connectivity index (χ0) is 13.2. The van der Waals surface area contributed by atoms with Gasteiger partial charge in [-0.15, -0.1) is 0 Å². The van der Waals surface area contributed by atoms with Crippen LogP contribution in [0.4, 0.5) is 5.13 Å². The molecule has 1 aromatic heterocycles. The molecule has 1 saturated carbocycles. The third-order valence-electron chi connectivity index (χ3n) is 3.73. The Bertz CT molecular complexity index is 599. The minimum atomic E-state index is 0.108. The third kappa shape index (κ3) is 2.78. The molecule has 1 aliphatic carbocycles. The Morgan fingerprint density at radius 3 is 2.84 bits per heavy atom. The van der Waals surface area contributed by atoms with Gasteiger partial charge in [0.2, 0.25) is 0 Å². The predicted molar refractivity (Wildman–Crippen MR) is 80.1 cm³/mol. The van der Waals surface area contributed by atoms with Crippen molar-refractivity contribution >= 4 is 32.5 Å². The highest BCUT2D eigenvalue weighted by molar-refractivity contribution is 7.22. The second-order valence-corrected chi connectivity index (χ2v) is 6.27. The largest absolute Gasteiger partial charge is 0.359 e. The van der Waals surface area contributed by atoms with Crippen LogP contribution in [0.3, 0.4) is 0 Å². The monoisotopic (exact) mass is 274 g/mol. The summed E-state index contributed by atoms with van der Waals surface area (Å²) in [5.74, 6) is 0.108. The number of hydrogen-bond acceptors (Lipinski definition) is 4. The number of ketones is 1. The molecule has 0 atom stereocenters. The Morgan fingerprint density at radius 1 is 1.32 bits per heavy atom. The Kier molecular flexibility index (Phi) is 3.51. The number of Topliss-reactive ketones (excluding diaryl/α,β-unsaturated/α-hetero) is 1. The summed E-state index contributed by atoms with van der Waals surface area (Å²) in [6.45, 7) is 1.60. The van der Waals surface area contributed by atoms with Gasteiger partial charge in [-0.05, 0) is 38.0 Å². The highest BCUT2D eigenvalue weighted by Crippen LogP contribution is 2.29. The standard InChI is InChI=1S/C15H18N2OS/c1-10(18)11-7-8-13-14(9-11)19-15(17-13)16-12-5-3-2-4-6-12/h7-9,12H,2-6H2,1H3,(H,16,17). The Morgan fingerprint density at radius 2 is 2.11 bits per heavy atom. The zero-order valence-corrected chi connectivity index (χ0v) is 11.9. The van der Waals surface area contributed by atoms with Gasteiger partial charge < -0.3 is 5.32 Å². The number of fused-ring (bicyclic) bond motifs is 1. The van der Waals surface area contributed by atoms with Crippen molar-refractivity contribution in [1.29, 1.82) is 0 Å². The van der Waals surface area contributed by atoms with E-state index in [0.29, 0.717) is 6.04 Å². The summed E-state index contributed by atoms with van der Waals surface area (Å²) in [5, 5.41) is 4.53. The fourth-order valence-electron chi connectivity index (χ4n) is 2.63. The number of aromatic nitrogens is 1. The van der Waals surface area contributed by atoms with Gasteiger partial charge in [0.15, 0.2) is 10.9 Å². The molecule has 1 aliphatic rings. The molecule has 0 unspecified atom stereocenters. The molecule has 1 aromatic carbocycles. The van der Waals surface area contributed by atoms with E-state index in [4.69, 9.17) is 0 Å². The first-order valence-corrected chi connectivity index (χ1v) is 7.72. The lowest BCUT2D eigenvalue weighted by molar-refractivity contribution is 0.101. The lowest BCUT2D eigenvalue weighted by Crippen LogP contribution is -2.21. The summed E-state index contributed by atoms with van der Waals surface area (Å²) in [7, 11) is 0. The maximum Gasteiger partial charge on any atom is 0.184 e. The van der Waals surface area contributed by atoms with Crippen LogP contribution in [0.25, 0.3) is 10.2 Å². The van der Waals surface area contributed by atoms with Crippen LogP contribution in [0, 0.1) is 0 Å². The number of carbonyl (C=O) groups is 1. The van der Waals surface area contributed by atoms with E-state index in [-0.39, 0.29) is 5.78 Å². The number of anilines is 1. The molecule has 4 heteroatoms. The average molecular weight is 274 g/mol. The lowest BCUT2D eigenvalue weighted by Gasteiger charge is -2.22. The van der Waals surface area contributed by atoms with Crippen molar-refractivity contribution in [3.8, 4) is 0 Å². The molecule has 1 N–H and O–H groups in total. The highest BCUT2D eigenvalue weighted by atomic mass is 32.1. The van der Waals surface area contributed by atoms with Gasteiger partial charge in [-0.25, -0.2) is 4.98 Å². The van der Waals surface area contributed by atoms with E-state index in [2.05, 4.69) is 10.3 Å². The second kappa shape index (κ2) is 5.29. The molecule has 2 aromatic rings. The van der Waals surface area contributed by atoms with Crippen LogP contribution >= 0.6 is 11.3 Å². The van der Waals surface area contributed by atoms with E-state index in [9.17, 15) is 4.79 Å². The first kappa shape index (κ1) is 12.6. The highest BCUT2D eigenvalue weighted by Gasteiger charge is 2.15. The summed E-state index contributed by atoms with van der Waals surface area (Å²) in [6, 6.07) is 6.31. The molecule has 3 rings (SSSR count). The Balaban J connectivity index is 1.82. The summed E-state index contributed by atoms with van der Waals surface area (Å²) in [5.41, 5.74) is 1.74. The van der Waals surface area contributed by atoms with Crippen molar-refractivity contribution in [2.75, 3.05) is 5.32 Å². The summed E-state index contributed by atoms with van der Waals surface area (Å²) < 4.78 is 1.09. The van der Waals surface area contributed by atoms with Crippen LogP contribution in [-0.4, -0.2) is 16.8 Å². The molecule has 0 saturated heterocycles. The first-order valence-electron chi connectivity index (χ1n) is 6.90. The molecule has 0 spiro atoms. The van der Waals surface area contributed by atoms with Gasteiger partial charge in [-0.1, -0.05) is 30.6 Å². The minimum absolute atomic E-state index is 0.108. The molecular weight excluding hydrogens is 256 g/mol. The Hall–Kier alpha value is -1.42. The molecule has 0 bridgehead atoms. The molecule has 3 nitrogen and oxygen atoms in total. The molecule has 0 radical (unpaired) electrons. The van der Waals surface area contributed by atoms with Crippen molar-refractivity contribution in [1.82, 2.24) is 4.98 Å². The smallest absolute Gasteiger partial charge is 0.184 e. The fourth-order valence-corrected chi connectivity index (χ4v) is 3.61. The third-order valence-corrected chi connectivity index (χ3v) is 4.68. The van der Waals surface area contributed by atoms with Crippen molar-refractivity contribution in [2.45, 2.75) is 45.1 Å². The maximum atomic E-state index is 11.4. The van der Waals surface area contributed by atoms with Crippen molar-refractivity contribution in [2.24, 2.45) is 0 Å². The van der Waals surface area contributed by atoms with E-state index in [0.717, 1.165) is 20.9 Å². The van der Waals surface area contributed by atoms with Crippen LogP contribution in [0.1, 0.15) is 49.4 Å². The van der Waals surface area contributed by atoms with Crippen LogP contribution in [0.15, 0.2) is 18.2 Å². The topological polar surface area (TPSA) is 42.0 Å². The average Bonchev–Trinajstić information content (AvgIpc) is 2.80. The number of hydrogen-bond donors (Lipinski definition) is 1. The Labute approximate surface area is 117 Å². The van der Waals surface area contributed by atoms with Gasteiger partial charge in [0.25, 0.3) is 0 Å². The molecule has 0 aliphatic heterocycles. The molecular formula is C15H18N2OS. The molecule has 1 fully saturated rings. The van der Waals surface area contributed by atoms with Crippen LogP contribution in [0.2, 0.25) is 0 Å². The van der Waals surface area contributed by atoms with Gasteiger partial charge >= 0.3 is 0 Å². The number of benzene rings is 1. The zero-order valence-electron chi connectivity index (χ0n) is 11.1. The predicted octanol–water partition coefficient (Wildman–Crippen LogP) is 4.24. The number of nitrogens with zero attached hydrogens (tertiary/aromatic N) is 1. The van der Waals surface area contributed by atoms with Gasteiger partial charge in [0.1, 0.15) is 0 Å². The summed E-state index contributed by atoms with van der Waals surface area (Å²) in [4.78, 5) is 16.0. The van der Waals surface area contributed by atoms with Crippen LogP contribution in [0.5, 0.6) is 0 Å². The fraction of sp³-hybridized carbons (Fsp3) is 0.467. The molecule has 0 amide bonds. The van der Waals surface area contributed by atoms with E-state index in [1.54, 1.807) is 18.3 Å². The number of thiazole rings is 1. The molecule has 100 valence electrons. The summed E-state index contributed by atoms with van der Waals surface area (Å²) >= 11 is 1.65. The quantitative estimate of drug-likeness (QED) is 0.851. The number of rotatable bonds is 3. The summed E-state index contributed by atoms with van der Waals surface area (Å²) in [6.07, 6.45) is 6.48. The number of nitrogens with one attached hydrogen (secondary N) is 1.